The second kappa shape index (κ2) is 6.16. The van der Waals surface area contributed by atoms with Crippen LogP contribution in [0.4, 0.5) is 0 Å². The minimum atomic E-state index is -1.83. The predicted molar refractivity (Wildman–Crippen MR) is 87.5 cm³/mol. The summed E-state index contributed by atoms with van der Waals surface area (Å²) in [5, 5.41) is 0. The Balaban J connectivity index is 2.33. The van der Waals surface area contributed by atoms with Gasteiger partial charge in [-0.3, -0.25) is 4.79 Å². The SMILES string of the molecule is COc1ccc(C(=O)C2(O[Si](C)(C)C)C=CCCC2)cc1. The summed E-state index contributed by atoms with van der Waals surface area (Å²) >= 11 is 0. The van der Waals surface area contributed by atoms with Crippen LogP contribution in [-0.2, 0) is 4.43 Å². The van der Waals surface area contributed by atoms with E-state index in [1.54, 1.807) is 7.11 Å². The van der Waals surface area contributed by atoms with Gasteiger partial charge < -0.3 is 9.16 Å². The molecular formula is C17H24O3Si. The zero-order chi connectivity index (χ0) is 15.5. The first-order chi connectivity index (χ1) is 9.86. The van der Waals surface area contributed by atoms with Gasteiger partial charge in [-0.25, -0.2) is 0 Å². The minimum Gasteiger partial charge on any atom is -0.497 e. The third kappa shape index (κ3) is 3.83. The van der Waals surface area contributed by atoms with Gasteiger partial charge >= 0.3 is 0 Å². The monoisotopic (exact) mass is 304 g/mol. The Hall–Kier alpha value is -1.39. The highest BCUT2D eigenvalue weighted by Gasteiger charge is 2.41. The highest BCUT2D eigenvalue weighted by Crippen LogP contribution is 2.33. The molecule has 3 nitrogen and oxygen atoms in total. The van der Waals surface area contributed by atoms with E-state index in [-0.39, 0.29) is 5.78 Å². The Kier molecular flexibility index (Phi) is 4.69. The first-order valence-corrected chi connectivity index (χ1v) is 10.8. The number of hydrogen-bond donors (Lipinski definition) is 0. The summed E-state index contributed by atoms with van der Waals surface area (Å²) in [5.74, 6) is 0.814. The number of hydrogen-bond acceptors (Lipinski definition) is 3. The molecule has 0 bridgehead atoms. The number of carbonyl (C=O) groups is 1. The Bertz CT molecular complexity index is 528. The maximum absolute atomic E-state index is 13.0. The molecule has 0 heterocycles. The number of methoxy groups -OCH3 is 1. The molecule has 2 rings (SSSR count). The first-order valence-electron chi connectivity index (χ1n) is 7.43. The van der Waals surface area contributed by atoms with E-state index < -0.39 is 13.9 Å². The van der Waals surface area contributed by atoms with Crippen molar-refractivity contribution >= 4 is 14.1 Å². The maximum Gasteiger partial charge on any atom is 0.197 e. The Labute approximate surface area is 128 Å². The lowest BCUT2D eigenvalue weighted by Crippen LogP contribution is -2.48. The van der Waals surface area contributed by atoms with Gasteiger partial charge in [0.25, 0.3) is 0 Å². The van der Waals surface area contributed by atoms with Crippen LogP contribution in [0.2, 0.25) is 19.6 Å². The molecule has 0 saturated heterocycles. The largest absolute Gasteiger partial charge is 0.497 e. The van der Waals surface area contributed by atoms with Crippen molar-refractivity contribution in [2.24, 2.45) is 0 Å². The molecule has 4 heteroatoms. The molecule has 1 aliphatic rings. The number of Topliss-reactive ketones (excluding diaryl/α,β-unsaturated/α-hetero) is 1. The van der Waals surface area contributed by atoms with Crippen LogP contribution < -0.4 is 4.74 Å². The Morgan fingerprint density at radius 2 is 1.86 bits per heavy atom. The van der Waals surface area contributed by atoms with Crippen LogP contribution in [0.15, 0.2) is 36.4 Å². The average molecular weight is 304 g/mol. The van der Waals surface area contributed by atoms with Gasteiger partial charge in [0.15, 0.2) is 14.1 Å². The van der Waals surface area contributed by atoms with E-state index in [0.29, 0.717) is 5.56 Å². The molecule has 1 aromatic rings. The molecule has 0 fully saturated rings. The van der Waals surface area contributed by atoms with Crippen molar-refractivity contribution in [3.63, 3.8) is 0 Å². The van der Waals surface area contributed by atoms with Crippen molar-refractivity contribution in [3.8, 4) is 5.75 Å². The van der Waals surface area contributed by atoms with Gasteiger partial charge in [-0.15, -0.1) is 0 Å². The van der Waals surface area contributed by atoms with Crippen LogP contribution in [0.1, 0.15) is 29.6 Å². The smallest absolute Gasteiger partial charge is 0.197 e. The van der Waals surface area contributed by atoms with Crippen LogP contribution in [0, 0.1) is 0 Å². The van der Waals surface area contributed by atoms with Gasteiger partial charge in [-0.1, -0.05) is 12.2 Å². The average Bonchev–Trinajstić information content (AvgIpc) is 2.46. The van der Waals surface area contributed by atoms with Gasteiger partial charge in [0.1, 0.15) is 11.4 Å². The summed E-state index contributed by atoms with van der Waals surface area (Å²) < 4.78 is 11.5. The molecule has 0 spiro atoms. The number of carbonyl (C=O) groups excluding carboxylic acids is 1. The highest BCUT2D eigenvalue weighted by atomic mass is 28.4. The van der Waals surface area contributed by atoms with E-state index in [0.717, 1.165) is 25.0 Å². The van der Waals surface area contributed by atoms with E-state index >= 15 is 0 Å². The van der Waals surface area contributed by atoms with Crippen molar-refractivity contribution < 1.29 is 14.0 Å². The van der Waals surface area contributed by atoms with E-state index in [2.05, 4.69) is 25.7 Å². The Morgan fingerprint density at radius 1 is 1.19 bits per heavy atom. The standard InChI is InChI=1S/C17H24O3Si/c1-19-15-10-8-14(9-11-15)16(18)17(20-21(2,3)4)12-6-5-7-13-17/h6,8-12H,5,7,13H2,1-4H3. The van der Waals surface area contributed by atoms with Crippen LogP contribution in [0.3, 0.4) is 0 Å². The number of benzene rings is 1. The fraction of sp³-hybridized carbons (Fsp3) is 0.471. The molecular weight excluding hydrogens is 280 g/mol. The number of ketones is 1. The first kappa shape index (κ1) is 16.0. The second-order valence-electron chi connectivity index (χ2n) is 6.46. The summed E-state index contributed by atoms with van der Waals surface area (Å²) in [5.41, 5.74) is -0.0993. The number of allylic oxidation sites excluding steroid dienone is 1. The summed E-state index contributed by atoms with van der Waals surface area (Å²) in [6.45, 7) is 6.37. The van der Waals surface area contributed by atoms with Gasteiger partial charge in [0.2, 0.25) is 0 Å². The summed E-state index contributed by atoms with van der Waals surface area (Å²) in [6, 6.07) is 7.28. The van der Waals surface area contributed by atoms with Crippen molar-refractivity contribution in [1.82, 2.24) is 0 Å². The normalized spacial score (nSPS) is 22.1. The summed E-state index contributed by atoms with van der Waals surface area (Å²) in [6.07, 6.45) is 6.82. The minimum absolute atomic E-state index is 0.0588. The molecule has 21 heavy (non-hydrogen) atoms. The molecule has 1 unspecified atom stereocenters. The van der Waals surface area contributed by atoms with Crippen molar-refractivity contribution in [1.29, 1.82) is 0 Å². The maximum atomic E-state index is 13.0. The van der Waals surface area contributed by atoms with Crippen molar-refractivity contribution in [2.75, 3.05) is 7.11 Å². The topological polar surface area (TPSA) is 35.5 Å². The quantitative estimate of drug-likeness (QED) is 0.464. The van der Waals surface area contributed by atoms with E-state index in [4.69, 9.17) is 9.16 Å². The van der Waals surface area contributed by atoms with Crippen LogP contribution in [0.5, 0.6) is 5.75 Å². The summed E-state index contributed by atoms with van der Waals surface area (Å²) in [7, 11) is -0.206. The van der Waals surface area contributed by atoms with Crippen LogP contribution >= 0.6 is 0 Å². The lowest BCUT2D eigenvalue weighted by atomic mass is 9.84. The molecule has 0 amide bonds. The van der Waals surface area contributed by atoms with Gasteiger partial charge in [0, 0.05) is 5.56 Å². The third-order valence-electron chi connectivity index (χ3n) is 3.53. The predicted octanol–water partition coefficient (Wildman–Crippen LogP) is 4.21. The zero-order valence-electron chi connectivity index (χ0n) is 13.3. The van der Waals surface area contributed by atoms with E-state index in [1.807, 2.05) is 30.3 Å². The highest BCUT2D eigenvalue weighted by molar-refractivity contribution is 6.70. The molecule has 0 radical (unpaired) electrons. The van der Waals surface area contributed by atoms with Crippen LogP contribution in [-0.4, -0.2) is 26.8 Å². The molecule has 1 aromatic carbocycles. The molecule has 1 atom stereocenters. The zero-order valence-corrected chi connectivity index (χ0v) is 14.3. The molecule has 0 aromatic heterocycles. The van der Waals surface area contributed by atoms with Gasteiger partial charge in [-0.2, -0.15) is 0 Å². The van der Waals surface area contributed by atoms with Crippen LogP contribution in [0.25, 0.3) is 0 Å². The van der Waals surface area contributed by atoms with Gasteiger partial charge in [0.05, 0.1) is 7.11 Å². The lowest BCUT2D eigenvalue weighted by molar-refractivity contribution is 0.0542. The fourth-order valence-corrected chi connectivity index (χ4v) is 4.05. The molecule has 0 saturated carbocycles. The second-order valence-corrected chi connectivity index (χ2v) is 10.9. The number of ether oxygens (including phenoxy) is 1. The fourth-order valence-electron chi connectivity index (χ4n) is 2.69. The van der Waals surface area contributed by atoms with Crippen molar-refractivity contribution in [2.45, 2.75) is 44.5 Å². The molecule has 1 aliphatic carbocycles. The molecule has 114 valence electrons. The van der Waals surface area contributed by atoms with Gasteiger partial charge in [-0.05, 0) is 63.2 Å². The third-order valence-corrected chi connectivity index (χ3v) is 4.51. The van der Waals surface area contributed by atoms with Crippen molar-refractivity contribution in [3.05, 3.63) is 42.0 Å². The molecule has 0 N–H and O–H groups in total. The van der Waals surface area contributed by atoms with E-state index in [1.165, 1.54) is 0 Å². The molecule has 0 aliphatic heterocycles. The Morgan fingerprint density at radius 3 is 2.33 bits per heavy atom. The lowest BCUT2D eigenvalue weighted by Gasteiger charge is -2.37. The number of rotatable bonds is 5. The van der Waals surface area contributed by atoms with E-state index in [9.17, 15) is 4.79 Å². The summed E-state index contributed by atoms with van der Waals surface area (Å²) in [4.78, 5) is 13.0.